The summed E-state index contributed by atoms with van der Waals surface area (Å²) in [6.45, 7) is 5.85. The summed E-state index contributed by atoms with van der Waals surface area (Å²) in [5.74, 6) is -0.252. The van der Waals surface area contributed by atoms with Gasteiger partial charge in [0.2, 0.25) is 5.88 Å². The van der Waals surface area contributed by atoms with Crippen molar-refractivity contribution >= 4 is 28.6 Å². The summed E-state index contributed by atoms with van der Waals surface area (Å²) >= 11 is 2.12. The van der Waals surface area contributed by atoms with Crippen molar-refractivity contribution in [2.24, 2.45) is 5.73 Å². The molecule has 0 spiro atoms. The second kappa shape index (κ2) is 11.6. The van der Waals surface area contributed by atoms with Gasteiger partial charge in [-0.25, -0.2) is 4.79 Å². The molecule has 1 atom stereocenters. The molecule has 0 saturated carbocycles. The van der Waals surface area contributed by atoms with Crippen molar-refractivity contribution in [1.82, 2.24) is 0 Å². The molecule has 8 nitrogen and oxygen atoms in total. The maximum Gasteiger partial charge on any atom is 0.338 e. The number of hydrogen-bond acceptors (Lipinski definition) is 8. The summed E-state index contributed by atoms with van der Waals surface area (Å²) in [6.07, 6.45) is 0. The van der Waals surface area contributed by atoms with Crippen LogP contribution in [0.1, 0.15) is 43.4 Å². The van der Waals surface area contributed by atoms with Crippen LogP contribution in [0.3, 0.4) is 0 Å². The van der Waals surface area contributed by atoms with Crippen LogP contribution in [-0.2, 0) is 20.9 Å². The zero-order valence-corrected chi connectivity index (χ0v) is 21.7. The normalized spacial score (nSPS) is 15.1. The first-order valence-corrected chi connectivity index (χ1v) is 12.0. The van der Waals surface area contributed by atoms with E-state index in [1.165, 1.54) is 0 Å². The molecule has 2 aromatic carbocycles. The third kappa shape index (κ3) is 5.52. The van der Waals surface area contributed by atoms with Gasteiger partial charge in [-0.15, -0.1) is 0 Å². The lowest BCUT2D eigenvalue weighted by Gasteiger charge is -2.27. The second-order valence-electron chi connectivity index (χ2n) is 7.44. The van der Waals surface area contributed by atoms with E-state index in [1.54, 1.807) is 32.0 Å². The molecular weight excluding hydrogens is 561 g/mol. The van der Waals surface area contributed by atoms with E-state index >= 15 is 0 Å². The average molecular weight is 585 g/mol. The van der Waals surface area contributed by atoms with Gasteiger partial charge < -0.3 is 24.7 Å². The Morgan fingerprint density at radius 1 is 1.14 bits per heavy atom. The number of carbonyl (C=O) groups is 1. The number of allylic oxidation sites excluding steroid dienone is 2. The first-order valence-electron chi connectivity index (χ1n) is 10.9. The number of nitrogens with zero attached hydrogens (tertiary/aromatic N) is 2. The van der Waals surface area contributed by atoms with Gasteiger partial charge in [-0.3, -0.25) is 0 Å². The highest BCUT2D eigenvalue weighted by atomic mass is 127. The topological polar surface area (TPSA) is 128 Å². The fraction of sp³-hybridized carbons (Fsp3) is 0.269. The third-order valence-electron chi connectivity index (χ3n) is 5.28. The number of halogens is 1. The Labute approximate surface area is 217 Å². The number of ether oxygens (including phenoxy) is 4. The Balaban J connectivity index is 2.09. The highest BCUT2D eigenvalue weighted by Gasteiger charge is 2.37. The number of benzene rings is 2. The van der Waals surface area contributed by atoms with E-state index in [2.05, 4.69) is 34.7 Å². The number of carbonyl (C=O) groups excluding carboxylic acids is 1. The Bertz CT molecular complexity index is 1290. The Hall–Kier alpha value is -3.70. The van der Waals surface area contributed by atoms with Crippen molar-refractivity contribution in [3.63, 3.8) is 0 Å². The van der Waals surface area contributed by atoms with E-state index < -0.39 is 11.9 Å². The smallest absolute Gasteiger partial charge is 0.338 e. The van der Waals surface area contributed by atoms with E-state index in [0.717, 1.165) is 5.56 Å². The van der Waals surface area contributed by atoms with Crippen LogP contribution < -0.4 is 15.2 Å². The molecule has 0 radical (unpaired) electrons. The molecule has 9 heteroatoms. The van der Waals surface area contributed by atoms with Crippen molar-refractivity contribution in [1.29, 1.82) is 10.5 Å². The van der Waals surface area contributed by atoms with Crippen molar-refractivity contribution < 1.29 is 23.7 Å². The monoisotopic (exact) mass is 585 g/mol. The number of nitriles is 2. The summed E-state index contributed by atoms with van der Waals surface area (Å²) in [5, 5.41) is 19.2. The van der Waals surface area contributed by atoms with Gasteiger partial charge in [0.25, 0.3) is 0 Å². The van der Waals surface area contributed by atoms with Crippen molar-refractivity contribution in [2.45, 2.75) is 33.3 Å². The number of nitrogens with two attached hydrogens (primary N) is 1. The Kier molecular flexibility index (Phi) is 8.61. The average Bonchev–Trinajstić information content (AvgIpc) is 2.83. The zero-order chi connectivity index (χ0) is 25.5. The standard InChI is InChI=1S/C26H24IN3O5/c1-4-32-21-11-18(10-20(27)24(21)34-14-17-9-7-6-8-16(17)12-28)23-19(13-29)25(30)35-15(3)22(23)26(31)33-5-2/h6-11,23H,4-5,14,30H2,1-3H3/t23-/m1/s1. The summed E-state index contributed by atoms with van der Waals surface area (Å²) < 4.78 is 23.4. The van der Waals surface area contributed by atoms with Crippen molar-refractivity contribution in [2.75, 3.05) is 13.2 Å². The zero-order valence-electron chi connectivity index (χ0n) is 19.6. The SMILES string of the molecule is CCOC(=O)C1=C(C)OC(N)=C(C#N)[C@H]1c1cc(I)c(OCc2ccccc2C#N)c(OCC)c1. The highest BCUT2D eigenvalue weighted by Crippen LogP contribution is 2.44. The van der Waals surface area contributed by atoms with Crippen LogP contribution in [-0.4, -0.2) is 19.2 Å². The minimum absolute atomic E-state index is 0.0653. The van der Waals surface area contributed by atoms with Crippen LogP contribution in [0.2, 0.25) is 0 Å². The molecule has 1 aliphatic rings. The van der Waals surface area contributed by atoms with Crippen LogP contribution in [0, 0.1) is 26.2 Å². The van der Waals surface area contributed by atoms with E-state index in [1.807, 2.05) is 25.1 Å². The fourth-order valence-corrected chi connectivity index (χ4v) is 4.53. The van der Waals surface area contributed by atoms with Crippen molar-refractivity contribution in [3.8, 4) is 23.6 Å². The molecule has 2 N–H and O–H groups in total. The van der Waals surface area contributed by atoms with Crippen LogP contribution >= 0.6 is 22.6 Å². The minimum atomic E-state index is -0.797. The largest absolute Gasteiger partial charge is 0.490 e. The van der Waals surface area contributed by atoms with E-state index in [4.69, 9.17) is 24.7 Å². The van der Waals surface area contributed by atoms with Gasteiger partial charge in [-0.2, -0.15) is 10.5 Å². The molecule has 180 valence electrons. The summed E-state index contributed by atoms with van der Waals surface area (Å²) in [5.41, 5.74) is 8.19. The maximum atomic E-state index is 12.8. The lowest BCUT2D eigenvalue weighted by molar-refractivity contribution is -0.139. The summed E-state index contributed by atoms with van der Waals surface area (Å²) in [4.78, 5) is 12.8. The quantitative estimate of drug-likeness (QED) is 0.346. The number of esters is 1. The first-order chi connectivity index (χ1) is 16.9. The summed E-state index contributed by atoms with van der Waals surface area (Å²) in [7, 11) is 0. The van der Waals surface area contributed by atoms with E-state index in [-0.39, 0.29) is 36.0 Å². The van der Waals surface area contributed by atoms with Crippen molar-refractivity contribution in [3.05, 3.63) is 79.4 Å². The molecule has 0 fully saturated rings. The van der Waals surface area contributed by atoms with Crippen LogP contribution in [0.5, 0.6) is 11.5 Å². The van der Waals surface area contributed by atoms with E-state index in [0.29, 0.717) is 32.8 Å². The van der Waals surface area contributed by atoms with Crippen LogP contribution in [0.15, 0.2) is 59.2 Å². The number of hydrogen-bond donors (Lipinski definition) is 1. The van der Waals surface area contributed by atoms with Gasteiger partial charge in [0.15, 0.2) is 11.5 Å². The second-order valence-corrected chi connectivity index (χ2v) is 8.60. The van der Waals surface area contributed by atoms with E-state index in [9.17, 15) is 15.3 Å². The van der Waals surface area contributed by atoms with Gasteiger partial charge >= 0.3 is 5.97 Å². The maximum absolute atomic E-state index is 12.8. The fourth-order valence-electron chi connectivity index (χ4n) is 3.75. The van der Waals surface area contributed by atoms with Gasteiger partial charge in [-0.1, -0.05) is 18.2 Å². The van der Waals surface area contributed by atoms with Gasteiger partial charge in [0.1, 0.15) is 24.0 Å². The van der Waals surface area contributed by atoms with Crippen LogP contribution in [0.4, 0.5) is 0 Å². The minimum Gasteiger partial charge on any atom is -0.490 e. The molecule has 0 aliphatic carbocycles. The lowest BCUT2D eigenvalue weighted by Crippen LogP contribution is -2.25. The Morgan fingerprint density at radius 2 is 1.89 bits per heavy atom. The van der Waals surface area contributed by atoms with Crippen LogP contribution in [0.25, 0.3) is 0 Å². The first kappa shape index (κ1) is 25.9. The van der Waals surface area contributed by atoms with Gasteiger partial charge in [0.05, 0.1) is 39.9 Å². The molecule has 2 aromatic rings. The predicted molar refractivity (Wildman–Crippen MR) is 136 cm³/mol. The Morgan fingerprint density at radius 3 is 2.54 bits per heavy atom. The molecule has 0 aromatic heterocycles. The molecule has 0 bridgehead atoms. The molecular formula is C26H24IN3O5. The molecule has 35 heavy (non-hydrogen) atoms. The summed E-state index contributed by atoms with van der Waals surface area (Å²) in [6, 6.07) is 15.0. The molecule has 0 amide bonds. The molecule has 1 heterocycles. The molecule has 0 saturated heterocycles. The van der Waals surface area contributed by atoms with Gasteiger partial charge in [0, 0.05) is 5.56 Å². The highest BCUT2D eigenvalue weighted by molar-refractivity contribution is 14.1. The predicted octanol–water partition coefficient (Wildman–Crippen LogP) is 4.79. The van der Waals surface area contributed by atoms with Gasteiger partial charge in [-0.05, 0) is 67.1 Å². The molecule has 1 aliphatic heterocycles. The number of rotatable bonds is 8. The lowest BCUT2D eigenvalue weighted by atomic mass is 9.83. The molecule has 3 rings (SSSR count). The molecule has 0 unspecified atom stereocenters. The third-order valence-corrected chi connectivity index (χ3v) is 6.08.